The van der Waals surface area contributed by atoms with Gasteiger partial charge in [-0.05, 0) is 32.9 Å². The van der Waals surface area contributed by atoms with Crippen molar-refractivity contribution in [1.82, 2.24) is 49.7 Å². The molecule has 0 spiro atoms. The first-order valence-electron chi connectivity index (χ1n) is 17.0. The number of carbonyl (C=O) groups is 1. The van der Waals surface area contributed by atoms with E-state index in [2.05, 4.69) is 45.2 Å². The minimum atomic E-state index is -0.525. The number of piperazine rings is 2. The zero-order valence-electron chi connectivity index (χ0n) is 29.4. The van der Waals surface area contributed by atoms with E-state index in [1.165, 1.54) is 0 Å². The van der Waals surface area contributed by atoms with E-state index in [1.807, 2.05) is 40.0 Å². The molecule has 0 bridgehead atoms. The summed E-state index contributed by atoms with van der Waals surface area (Å²) >= 11 is 0. The highest BCUT2D eigenvalue weighted by Gasteiger charge is 2.28. The minimum absolute atomic E-state index is 0.260. The van der Waals surface area contributed by atoms with E-state index in [9.17, 15) is 9.18 Å². The van der Waals surface area contributed by atoms with Crippen molar-refractivity contribution in [3.8, 4) is 22.5 Å². The lowest BCUT2D eigenvalue weighted by Crippen LogP contribution is -2.50. The molecule has 0 aliphatic carbocycles. The number of pyridine rings is 2. The fourth-order valence-corrected chi connectivity index (χ4v) is 6.51. The molecule has 268 valence electrons. The molecule has 8 heterocycles. The van der Waals surface area contributed by atoms with E-state index in [4.69, 9.17) is 4.74 Å². The van der Waals surface area contributed by atoms with Crippen LogP contribution < -0.4 is 15.1 Å². The first kappa shape index (κ1) is 34.0. The molecule has 6 aromatic rings. The Morgan fingerprint density at radius 2 is 1.22 bits per heavy atom. The lowest BCUT2D eigenvalue weighted by atomic mass is 10.2. The van der Waals surface area contributed by atoms with E-state index >= 15 is 4.39 Å². The van der Waals surface area contributed by atoms with Gasteiger partial charge in [0.25, 0.3) is 0 Å². The molecule has 2 aliphatic rings. The van der Waals surface area contributed by atoms with Crippen LogP contribution >= 0.6 is 0 Å². The Labute approximate surface area is 293 Å². The van der Waals surface area contributed by atoms with Gasteiger partial charge in [0.2, 0.25) is 0 Å². The molecule has 1 amide bonds. The summed E-state index contributed by atoms with van der Waals surface area (Å²) in [5.41, 5.74) is 4.42. The number of aromatic amines is 2. The Balaban J connectivity index is 0.000000165. The SMILES string of the molecule is Cn1cc(-c2[nH]c3nccc(N4CCN(C(=O)OC(C)(C)C)CC4)c3c2F)cn1.Cn1cc(-c2[nH]c3nccc(N4CCNCC4)c3c2F)cn1. The Bertz CT molecular complexity index is 2160. The highest BCUT2D eigenvalue weighted by Crippen LogP contribution is 2.35. The maximum Gasteiger partial charge on any atom is 0.410 e. The van der Waals surface area contributed by atoms with Gasteiger partial charge in [-0.2, -0.15) is 10.2 Å². The molecule has 0 radical (unpaired) electrons. The summed E-state index contributed by atoms with van der Waals surface area (Å²) in [6.45, 7) is 11.3. The Morgan fingerprint density at radius 3 is 1.65 bits per heavy atom. The van der Waals surface area contributed by atoms with Crippen LogP contribution in [-0.2, 0) is 18.8 Å². The molecular formula is C35H42F2N12O2. The number of amides is 1. The second kappa shape index (κ2) is 13.7. The minimum Gasteiger partial charge on any atom is -0.444 e. The van der Waals surface area contributed by atoms with Crippen LogP contribution in [0.4, 0.5) is 25.0 Å². The highest BCUT2D eigenvalue weighted by molar-refractivity contribution is 5.95. The smallest absolute Gasteiger partial charge is 0.410 e. The maximum absolute atomic E-state index is 15.3. The third kappa shape index (κ3) is 6.95. The summed E-state index contributed by atoms with van der Waals surface area (Å²) in [7, 11) is 3.60. The normalized spacial score (nSPS) is 15.4. The number of aryl methyl sites for hydroxylation is 2. The number of ether oxygens (including phenoxy) is 1. The molecule has 14 nitrogen and oxygen atoms in total. The van der Waals surface area contributed by atoms with Crippen LogP contribution in [0.5, 0.6) is 0 Å². The largest absolute Gasteiger partial charge is 0.444 e. The van der Waals surface area contributed by atoms with Gasteiger partial charge in [0.15, 0.2) is 11.6 Å². The zero-order valence-corrected chi connectivity index (χ0v) is 29.4. The Hall–Kier alpha value is -5.51. The molecule has 2 aliphatic heterocycles. The topological polar surface area (TPSA) is 141 Å². The summed E-state index contributed by atoms with van der Waals surface area (Å²) in [5.74, 6) is -0.602. The summed E-state index contributed by atoms with van der Waals surface area (Å²) in [6, 6.07) is 3.70. The molecule has 6 aromatic heterocycles. The fourth-order valence-electron chi connectivity index (χ4n) is 6.51. The second-order valence-electron chi connectivity index (χ2n) is 13.7. The fraction of sp³-hybridized carbons (Fsp3) is 0.400. The number of H-pyrrole nitrogens is 2. The van der Waals surface area contributed by atoms with Crippen molar-refractivity contribution in [2.45, 2.75) is 26.4 Å². The number of carbonyl (C=O) groups excluding carboxylic acids is 1. The Kier molecular flexibility index (Phi) is 9.10. The summed E-state index contributed by atoms with van der Waals surface area (Å²) in [5, 5.41) is 12.5. The number of rotatable bonds is 4. The van der Waals surface area contributed by atoms with Gasteiger partial charge in [0, 0.05) is 102 Å². The molecule has 2 fully saturated rings. The number of halogens is 2. The van der Waals surface area contributed by atoms with Crippen LogP contribution in [0.25, 0.3) is 44.6 Å². The first-order chi connectivity index (χ1) is 24.5. The molecule has 2 saturated heterocycles. The molecule has 0 saturated carbocycles. The molecule has 16 heteroatoms. The van der Waals surface area contributed by atoms with Gasteiger partial charge in [-0.25, -0.2) is 23.5 Å². The van der Waals surface area contributed by atoms with Crippen molar-refractivity contribution < 1.29 is 18.3 Å². The summed E-state index contributed by atoms with van der Waals surface area (Å²) in [6.07, 6.45) is 9.89. The van der Waals surface area contributed by atoms with Crippen LogP contribution in [0.3, 0.4) is 0 Å². The van der Waals surface area contributed by atoms with E-state index < -0.39 is 5.60 Å². The van der Waals surface area contributed by atoms with Crippen molar-refractivity contribution >= 4 is 39.5 Å². The predicted molar refractivity (Wildman–Crippen MR) is 192 cm³/mol. The molecular weight excluding hydrogens is 658 g/mol. The second-order valence-corrected chi connectivity index (χ2v) is 13.7. The molecule has 51 heavy (non-hydrogen) atoms. The van der Waals surface area contributed by atoms with Gasteiger partial charge in [0.1, 0.15) is 16.9 Å². The number of anilines is 2. The molecule has 0 unspecified atom stereocenters. The van der Waals surface area contributed by atoms with E-state index in [0.717, 1.165) is 43.1 Å². The number of nitrogens with one attached hydrogen (secondary N) is 3. The van der Waals surface area contributed by atoms with Gasteiger partial charge in [-0.1, -0.05) is 0 Å². The zero-order chi connectivity index (χ0) is 35.9. The van der Waals surface area contributed by atoms with Crippen LogP contribution in [0.15, 0.2) is 49.3 Å². The Morgan fingerprint density at radius 1 is 0.745 bits per heavy atom. The first-order valence-corrected chi connectivity index (χ1v) is 17.0. The van der Waals surface area contributed by atoms with Crippen LogP contribution in [0, 0.1) is 11.6 Å². The third-order valence-electron chi connectivity index (χ3n) is 8.94. The van der Waals surface area contributed by atoms with Crippen LogP contribution in [0.2, 0.25) is 0 Å². The molecule has 0 atom stereocenters. The maximum atomic E-state index is 15.3. The van der Waals surface area contributed by atoms with Crippen molar-refractivity contribution in [1.29, 1.82) is 0 Å². The number of hydrogen-bond donors (Lipinski definition) is 3. The molecule has 3 N–H and O–H groups in total. The number of hydrogen-bond acceptors (Lipinski definition) is 9. The summed E-state index contributed by atoms with van der Waals surface area (Å²) in [4.78, 5) is 33.0. The number of nitrogens with zero attached hydrogens (tertiary/aromatic N) is 9. The van der Waals surface area contributed by atoms with E-state index in [0.29, 0.717) is 65.2 Å². The van der Waals surface area contributed by atoms with Crippen LogP contribution in [0.1, 0.15) is 20.8 Å². The van der Waals surface area contributed by atoms with E-state index in [-0.39, 0.29) is 17.7 Å². The average molecular weight is 701 g/mol. The van der Waals surface area contributed by atoms with Gasteiger partial charge in [0.05, 0.1) is 45.9 Å². The summed E-state index contributed by atoms with van der Waals surface area (Å²) < 4.78 is 39.0. The molecule has 0 aromatic carbocycles. The van der Waals surface area contributed by atoms with Crippen molar-refractivity contribution in [2.75, 3.05) is 62.2 Å². The quantitative estimate of drug-likeness (QED) is 0.239. The monoisotopic (exact) mass is 700 g/mol. The lowest BCUT2D eigenvalue weighted by Gasteiger charge is -2.36. The highest BCUT2D eigenvalue weighted by atomic mass is 19.1. The molecule has 8 rings (SSSR count). The van der Waals surface area contributed by atoms with Gasteiger partial charge in [-0.3, -0.25) is 9.36 Å². The van der Waals surface area contributed by atoms with E-state index in [1.54, 1.807) is 58.5 Å². The third-order valence-corrected chi connectivity index (χ3v) is 8.94. The lowest BCUT2D eigenvalue weighted by molar-refractivity contribution is 0.0240. The standard InChI is InChI=1S/C20H25FN6O2.C15H17FN6/c1-20(2,3)29-19(28)27-9-7-26(8-10-27)14-5-6-22-18-15(14)16(21)17(24-18)13-11-23-25(4)12-13;1-21-9-10(8-19-21)14-13(16)12-11(2-3-18-15(12)20-14)22-6-4-17-5-7-22/h5-6,11-12H,7-10H2,1-4H3,(H,22,24);2-3,8-9,17H,4-7H2,1H3,(H,18,20). The predicted octanol–water partition coefficient (Wildman–Crippen LogP) is 4.67. The van der Waals surface area contributed by atoms with Crippen molar-refractivity contribution in [2.24, 2.45) is 14.1 Å². The van der Waals surface area contributed by atoms with Crippen molar-refractivity contribution in [3.05, 3.63) is 60.9 Å². The average Bonchev–Trinajstić information content (AvgIpc) is 3.90. The van der Waals surface area contributed by atoms with Crippen LogP contribution in [-0.4, -0.2) is 108 Å². The van der Waals surface area contributed by atoms with Gasteiger partial charge < -0.3 is 34.7 Å². The van der Waals surface area contributed by atoms with Crippen molar-refractivity contribution in [3.63, 3.8) is 0 Å². The number of aromatic nitrogens is 8. The number of fused-ring (bicyclic) bond motifs is 2. The van der Waals surface area contributed by atoms with Gasteiger partial charge in [-0.15, -0.1) is 0 Å². The van der Waals surface area contributed by atoms with Gasteiger partial charge >= 0.3 is 6.09 Å².